The highest BCUT2D eigenvalue weighted by atomic mass is 79.9. The summed E-state index contributed by atoms with van der Waals surface area (Å²) in [5.41, 5.74) is 0.402. The third-order valence-electron chi connectivity index (χ3n) is 2.93. The summed E-state index contributed by atoms with van der Waals surface area (Å²) in [5.74, 6) is -1.70. The molecule has 0 heterocycles. The molecule has 0 aliphatic carbocycles. The van der Waals surface area contributed by atoms with Crippen molar-refractivity contribution >= 4 is 39.3 Å². The maximum Gasteiger partial charge on any atom is 0.340 e. The molecule has 2 rings (SSSR count). The number of esters is 1. The van der Waals surface area contributed by atoms with E-state index in [2.05, 4.69) is 15.9 Å². The van der Waals surface area contributed by atoms with Crippen LogP contribution in [0, 0.1) is 5.82 Å². The number of carbonyl (C=O) groups is 2. The van der Waals surface area contributed by atoms with Crippen LogP contribution in [0.15, 0.2) is 46.9 Å². The predicted molar refractivity (Wildman–Crippen MR) is 84.8 cm³/mol. The Hall–Kier alpha value is -1.72. The van der Waals surface area contributed by atoms with Crippen LogP contribution in [0.1, 0.15) is 27.6 Å². The molecule has 0 radical (unpaired) electrons. The molecule has 0 amide bonds. The molecule has 0 bridgehead atoms. The molecule has 22 heavy (non-hydrogen) atoms. The average molecular weight is 386 g/mol. The fraction of sp³-hybridized carbons (Fsp3) is 0.125. The van der Waals surface area contributed by atoms with E-state index in [1.54, 1.807) is 24.3 Å². The van der Waals surface area contributed by atoms with Gasteiger partial charge in [-0.3, -0.25) is 4.79 Å². The molecule has 0 N–H and O–H groups in total. The normalized spacial score (nSPS) is 11.8. The second-order valence-corrected chi connectivity index (χ2v) is 5.83. The zero-order valence-electron chi connectivity index (χ0n) is 11.5. The summed E-state index contributed by atoms with van der Waals surface area (Å²) >= 11 is 8.90. The Morgan fingerprint density at radius 1 is 1.18 bits per heavy atom. The summed E-state index contributed by atoms with van der Waals surface area (Å²) in [7, 11) is 0. The first-order valence-electron chi connectivity index (χ1n) is 6.34. The fourth-order valence-electron chi connectivity index (χ4n) is 1.78. The minimum atomic E-state index is -0.996. The second-order valence-electron chi connectivity index (χ2n) is 4.54. The van der Waals surface area contributed by atoms with Crippen LogP contribution in [0.25, 0.3) is 0 Å². The molecule has 2 aromatic rings. The molecular weight excluding hydrogens is 375 g/mol. The van der Waals surface area contributed by atoms with Crippen molar-refractivity contribution in [3.63, 3.8) is 0 Å². The molecule has 0 fully saturated rings. The van der Waals surface area contributed by atoms with E-state index in [4.69, 9.17) is 16.3 Å². The summed E-state index contributed by atoms with van der Waals surface area (Å²) in [6, 6.07) is 9.91. The van der Waals surface area contributed by atoms with Crippen LogP contribution in [-0.2, 0) is 4.74 Å². The Morgan fingerprint density at radius 3 is 2.45 bits per heavy atom. The number of rotatable bonds is 4. The van der Waals surface area contributed by atoms with Gasteiger partial charge in [0.15, 0.2) is 6.10 Å². The highest BCUT2D eigenvalue weighted by Gasteiger charge is 2.22. The van der Waals surface area contributed by atoms with Crippen LogP contribution < -0.4 is 0 Å². The Morgan fingerprint density at radius 2 is 1.82 bits per heavy atom. The average Bonchev–Trinajstić information content (AvgIpc) is 2.49. The van der Waals surface area contributed by atoms with Gasteiger partial charge in [0.05, 0.1) is 5.56 Å². The number of carbonyl (C=O) groups excluding carboxylic acids is 2. The Bertz CT molecular complexity index is 716. The molecule has 0 spiro atoms. The largest absolute Gasteiger partial charge is 0.451 e. The lowest BCUT2D eigenvalue weighted by molar-refractivity contribution is 0.0317. The summed E-state index contributed by atoms with van der Waals surface area (Å²) in [5, 5.41) is 0.505. The quantitative estimate of drug-likeness (QED) is 0.567. The van der Waals surface area contributed by atoms with Gasteiger partial charge in [-0.15, -0.1) is 0 Å². The van der Waals surface area contributed by atoms with Crippen molar-refractivity contribution < 1.29 is 18.7 Å². The predicted octanol–water partition coefficient (Wildman–Crippen LogP) is 4.67. The molecule has 0 saturated heterocycles. The van der Waals surface area contributed by atoms with Crippen LogP contribution in [0.4, 0.5) is 4.39 Å². The lowest BCUT2D eigenvalue weighted by Crippen LogP contribution is -2.24. The number of hydrogen-bond donors (Lipinski definition) is 0. The first-order chi connectivity index (χ1) is 10.4. The van der Waals surface area contributed by atoms with E-state index >= 15 is 0 Å². The Balaban J connectivity index is 2.12. The van der Waals surface area contributed by atoms with E-state index in [9.17, 15) is 14.0 Å². The number of ketones is 1. The monoisotopic (exact) mass is 384 g/mol. The van der Waals surface area contributed by atoms with Gasteiger partial charge < -0.3 is 4.74 Å². The number of hydrogen-bond acceptors (Lipinski definition) is 3. The van der Waals surface area contributed by atoms with Crippen molar-refractivity contribution in [2.75, 3.05) is 0 Å². The van der Waals surface area contributed by atoms with E-state index < -0.39 is 17.9 Å². The lowest BCUT2D eigenvalue weighted by Gasteiger charge is -2.13. The van der Waals surface area contributed by atoms with Crippen LogP contribution in [0.3, 0.4) is 0 Å². The van der Waals surface area contributed by atoms with Crippen LogP contribution in [0.5, 0.6) is 0 Å². The van der Waals surface area contributed by atoms with Gasteiger partial charge >= 0.3 is 5.97 Å². The topological polar surface area (TPSA) is 43.4 Å². The van der Waals surface area contributed by atoms with Crippen molar-refractivity contribution in [1.82, 2.24) is 0 Å². The SMILES string of the molecule is C[C@@H](OC(=O)c1cc(F)ccc1Br)C(=O)c1ccc(Cl)cc1. The highest BCUT2D eigenvalue weighted by molar-refractivity contribution is 9.10. The van der Waals surface area contributed by atoms with E-state index in [0.29, 0.717) is 15.1 Å². The van der Waals surface area contributed by atoms with Crippen LogP contribution in [-0.4, -0.2) is 17.9 Å². The standard InChI is InChI=1S/C16H11BrClFO3/c1-9(15(20)10-2-4-11(18)5-3-10)22-16(21)13-8-12(19)6-7-14(13)17/h2-9H,1H3/t9-/m1/s1. The summed E-state index contributed by atoms with van der Waals surface area (Å²) < 4.78 is 18.7. The van der Waals surface area contributed by atoms with E-state index in [-0.39, 0.29) is 11.3 Å². The van der Waals surface area contributed by atoms with Gasteiger partial charge in [0, 0.05) is 15.1 Å². The third-order valence-corrected chi connectivity index (χ3v) is 3.87. The van der Waals surface area contributed by atoms with E-state index in [1.807, 2.05) is 0 Å². The molecule has 1 atom stereocenters. The zero-order chi connectivity index (χ0) is 16.3. The Kier molecular flexibility index (Phi) is 5.32. The molecule has 3 nitrogen and oxygen atoms in total. The number of benzene rings is 2. The minimum Gasteiger partial charge on any atom is -0.451 e. The van der Waals surface area contributed by atoms with Gasteiger partial charge in [0.2, 0.25) is 5.78 Å². The lowest BCUT2D eigenvalue weighted by atomic mass is 10.1. The molecule has 0 unspecified atom stereocenters. The molecule has 2 aromatic carbocycles. The van der Waals surface area contributed by atoms with Crippen molar-refractivity contribution in [2.24, 2.45) is 0 Å². The highest BCUT2D eigenvalue weighted by Crippen LogP contribution is 2.20. The maximum absolute atomic E-state index is 13.2. The van der Waals surface area contributed by atoms with Crippen molar-refractivity contribution in [1.29, 1.82) is 0 Å². The van der Waals surface area contributed by atoms with E-state index in [0.717, 1.165) is 6.07 Å². The Labute approximate surface area is 140 Å². The molecule has 0 aromatic heterocycles. The maximum atomic E-state index is 13.2. The summed E-state index contributed by atoms with van der Waals surface area (Å²) in [4.78, 5) is 24.2. The number of halogens is 3. The minimum absolute atomic E-state index is 0.0238. The van der Waals surface area contributed by atoms with Gasteiger partial charge in [0.1, 0.15) is 5.82 Å². The molecule has 6 heteroatoms. The van der Waals surface area contributed by atoms with Crippen molar-refractivity contribution in [2.45, 2.75) is 13.0 Å². The molecular formula is C16H11BrClFO3. The molecule has 0 aliphatic heterocycles. The number of Topliss-reactive ketones (excluding diaryl/α,β-unsaturated/α-hetero) is 1. The van der Waals surface area contributed by atoms with Gasteiger partial charge in [0.25, 0.3) is 0 Å². The summed E-state index contributed by atoms with van der Waals surface area (Å²) in [6.07, 6.45) is -0.996. The van der Waals surface area contributed by atoms with Crippen LogP contribution >= 0.6 is 27.5 Å². The summed E-state index contributed by atoms with van der Waals surface area (Å²) in [6.45, 7) is 1.46. The van der Waals surface area contributed by atoms with E-state index in [1.165, 1.54) is 19.1 Å². The smallest absolute Gasteiger partial charge is 0.340 e. The van der Waals surface area contributed by atoms with Gasteiger partial charge in [-0.2, -0.15) is 0 Å². The van der Waals surface area contributed by atoms with Gasteiger partial charge in [-0.25, -0.2) is 9.18 Å². The van der Waals surface area contributed by atoms with Crippen molar-refractivity contribution in [3.8, 4) is 0 Å². The first-order valence-corrected chi connectivity index (χ1v) is 7.51. The molecule has 114 valence electrons. The molecule has 0 saturated carbocycles. The van der Waals surface area contributed by atoms with Crippen LogP contribution in [0.2, 0.25) is 5.02 Å². The third kappa shape index (κ3) is 3.93. The van der Waals surface area contributed by atoms with Gasteiger partial charge in [-0.1, -0.05) is 11.6 Å². The first kappa shape index (κ1) is 16.6. The second kappa shape index (κ2) is 7.03. The van der Waals surface area contributed by atoms with Gasteiger partial charge in [-0.05, 0) is 65.3 Å². The zero-order valence-corrected chi connectivity index (χ0v) is 13.8. The molecule has 0 aliphatic rings. The fourth-order valence-corrected chi connectivity index (χ4v) is 2.31. The van der Waals surface area contributed by atoms with Crippen molar-refractivity contribution in [3.05, 3.63) is 68.9 Å². The number of ether oxygens (including phenoxy) is 1.